The van der Waals surface area contributed by atoms with E-state index in [4.69, 9.17) is 0 Å². The Hall–Kier alpha value is -1.60. The Morgan fingerprint density at radius 2 is 0.765 bits per heavy atom. The summed E-state index contributed by atoms with van der Waals surface area (Å²) in [5.74, 6) is 0. The molecule has 0 fully saturated rings. The molecule has 0 aliphatic rings. The molecule has 0 amide bonds. The molecule has 1 N–H and O–H groups in total. The number of benzene rings is 2. The lowest BCUT2D eigenvalue weighted by Gasteiger charge is -2.20. The van der Waals surface area contributed by atoms with Crippen LogP contribution < -0.4 is 5.32 Å². The molecule has 0 bridgehead atoms. The van der Waals surface area contributed by atoms with E-state index in [1.807, 2.05) is 0 Å². The Morgan fingerprint density at radius 1 is 0.441 bits per heavy atom. The van der Waals surface area contributed by atoms with Gasteiger partial charge in [-0.05, 0) is 24.1 Å². The largest absolute Gasteiger partial charge is 0.306 e. The molecule has 1 heteroatoms. The summed E-state index contributed by atoms with van der Waals surface area (Å²) in [7, 11) is 0. The highest BCUT2D eigenvalue weighted by Gasteiger charge is 2.12. The first-order valence-corrected chi connectivity index (χ1v) is 14.7. The van der Waals surface area contributed by atoms with Gasteiger partial charge < -0.3 is 5.32 Å². The van der Waals surface area contributed by atoms with Gasteiger partial charge in [-0.2, -0.15) is 0 Å². The van der Waals surface area contributed by atoms with Crippen LogP contribution in [0, 0.1) is 0 Å². The van der Waals surface area contributed by atoms with Crippen molar-refractivity contribution in [3.05, 3.63) is 71.8 Å². The molecule has 2 aromatic rings. The zero-order valence-electron chi connectivity index (χ0n) is 22.3. The molecule has 190 valence electrons. The van der Waals surface area contributed by atoms with Crippen molar-refractivity contribution in [2.45, 2.75) is 129 Å². The highest BCUT2D eigenvalue weighted by atomic mass is 14.9. The van der Waals surface area contributed by atoms with Crippen molar-refractivity contribution in [1.82, 2.24) is 5.32 Å². The Bertz CT molecular complexity index is 626. The molecule has 0 aromatic heterocycles. The summed E-state index contributed by atoms with van der Waals surface area (Å²) < 4.78 is 0. The molecule has 0 aliphatic heterocycles. The molecule has 2 aromatic carbocycles. The Kier molecular flexibility index (Phi) is 17.5. The maximum Gasteiger partial charge on any atom is 0.0576 e. The van der Waals surface area contributed by atoms with Crippen LogP contribution in [0.25, 0.3) is 0 Å². The normalized spacial score (nSPS) is 11.4. The smallest absolute Gasteiger partial charge is 0.0576 e. The van der Waals surface area contributed by atoms with E-state index in [0.29, 0.717) is 6.04 Å². The zero-order chi connectivity index (χ0) is 23.9. The van der Waals surface area contributed by atoms with Crippen molar-refractivity contribution in [2.24, 2.45) is 0 Å². The van der Waals surface area contributed by atoms with E-state index in [9.17, 15) is 0 Å². The molecule has 0 spiro atoms. The van der Waals surface area contributed by atoms with Crippen molar-refractivity contribution in [1.29, 1.82) is 0 Å². The summed E-state index contributed by atoms with van der Waals surface area (Å²) >= 11 is 0. The number of hydrogen-bond donors (Lipinski definition) is 1. The molecular formula is C33H53N. The molecule has 0 unspecified atom stereocenters. The van der Waals surface area contributed by atoms with E-state index in [1.54, 1.807) is 0 Å². The summed E-state index contributed by atoms with van der Waals surface area (Å²) in [4.78, 5) is 0. The van der Waals surface area contributed by atoms with Crippen LogP contribution in [-0.2, 0) is 0 Å². The summed E-state index contributed by atoms with van der Waals surface area (Å²) in [6, 6.07) is 22.0. The molecule has 2 rings (SSSR count). The minimum absolute atomic E-state index is 0.299. The molecule has 0 atom stereocenters. The number of rotatable bonds is 22. The van der Waals surface area contributed by atoms with E-state index in [-0.39, 0.29) is 0 Å². The van der Waals surface area contributed by atoms with Crippen LogP contribution in [0.1, 0.15) is 140 Å². The fourth-order valence-corrected chi connectivity index (χ4v) is 4.99. The lowest BCUT2D eigenvalue weighted by Crippen LogP contribution is -2.23. The fraction of sp³-hybridized carbons (Fsp3) is 0.636. The van der Waals surface area contributed by atoms with Gasteiger partial charge in [-0.15, -0.1) is 0 Å². The van der Waals surface area contributed by atoms with Crippen molar-refractivity contribution in [2.75, 3.05) is 6.54 Å². The van der Waals surface area contributed by atoms with Crippen LogP contribution in [0.15, 0.2) is 60.7 Å². The predicted octanol–water partition coefficient (Wildman–Crippen LogP) is 10.4. The second-order valence-corrected chi connectivity index (χ2v) is 10.2. The monoisotopic (exact) mass is 463 g/mol. The van der Waals surface area contributed by atoms with Crippen molar-refractivity contribution < 1.29 is 0 Å². The maximum absolute atomic E-state index is 3.81. The lowest BCUT2D eigenvalue weighted by molar-refractivity contribution is 0.516. The molecule has 1 nitrogen and oxygen atoms in total. The zero-order valence-corrected chi connectivity index (χ0v) is 22.3. The van der Waals surface area contributed by atoms with E-state index in [0.717, 1.165) is 6.54 Å². The van der Waals surface area contributed by atoms with Gasteiger partial charge in [0.2, 0.25) is 0 Å². The predicted molar refractivity (Wildman–Crippen MR) is 152 cm³/mol. The number of unbranched alkanes of at least 4 members (excludes halogenated alkanes) is 17. The second-order valence-electron chi connectivity index (χ2n) is 10.2. The van der Waals surface area contributed by atoms with Crippen molar-refractivity contribution in [3.63, 3.8) is 0 Å². The second kappa shape index (κ2) is 20.7. The SMILES string of the molecule is CCCCCCCCCCCCCCCCCCCCNC(c1ccccc1)c1ccccc1. The first-order chi connectivity index (χ1) is 16.9. The van der Waals surface area contributed by atoms with Crippen molar-refractivity contribution >= 4 is 0 Å². The van der Waals surface area contributed by atoms with Crippen LogP contribution in [0.2, 0.25) is 0 Å². The van der Waals surface area contributed by atoms with Gasteiger partial charge in [0, 0.05) is 0 Å². The van der Waals surface area contributed by atoms with Gasteiger partial charge in [-0.1, -0.05) is 177 Å². The van der Waals surface area contributed by atoms with Crippen LogP contribution in [-0.4, -0.2) is 6.54 Å². The van der Waals surface area contributed by atoms with Gasteiger partial charge in [0.15, 0.2) is 0 Å². The van der Waals surface area contributed by atoms with E-state index in [1.165, 1.54) is 127 Å². The van der Waals surface area contributed by atoms with Crippen LogP contribution in [0.3, 0.4) is 0 Å². The minimum atomic E-state index is 0.299. The van der Waals surface area contributed by atoms with Crippen LogP contribution in [0.4, 0.5) is 0 Å². The van der Waals surface area contributed by atoms with Gasteiger partial charge in [0.05, 0.1) is 6.04 Å². The number of hydrogen-bond acceptors (Lipinski definition) is 1. The molecular weight excluding hydrogens is 410 g/mol. The highest BCUT2D eigenvalue weighted by Crippen LogP contribution is 2.22. The molecule has 0 radical (unpaired) electrons. The molecule has 0 saturated heterocycles. The molecule has 0 aliphatic carbocycles. The maximum atomic E-state index is 3.81. The topological polar surface area (TPSA) is 12.0 Å². The van der Waals surface area contributed by atoms with Crippen LogP contribution >= 0.6 is 0 Å². The lowest BCUT2D eigenvalue weighted by atomic mass is 9.98. The van der Waals surface area contributed by atoms with E-state index in [2.05, 4.69) is 72.9 Å². The Labute approximate surface area is 212 Å². The Balaban J connectivity index is 1.39. The highest BCUT2D eigenvalue weighted by molar-refractivity contribution is 5.31. The third kappa shape index (κ3) is 14.0. The summed E-state index contributed by atoms with van der Waals surface area (Å²) in [5.41, 5.74) is 2.72. The molecule has 0 heterocycles. The minimum Gasteiger partial charge on any atom is -0.306 e. The summed E-state index contributed by atoms with van der Waals surface area (Å²) in [6.07, 6.45) is 25.7. The summed E-state index contributed by atoms with van der Waals surface area (Å²) in [5, 5.41) is 3.81. The average Bonchev–Trinajstić information content (AvgIpc) is 2.88. The van der Waals surface area contributed by atoms with Gasteiger partial charge in [0.1, 0.15) is 0 Å². The van der Waals surface area contributed by atoms with Gasteiger partial charge in [0.25, 0.3) is 0 Å². The molecule has 34 heavy (non-hydrogen) atoms. The van der Waals surface area contributed by atoms with Crippen molar-refractivity contribution in [3.8, 4) is 0 Å². The van der Waals surface area contributed by atoms with E-state index < -0.39 is 0 Å². The van der Waals surface area contributed by atoms with E-state index >= 15 is 0 Å². The third-order valence-electron chi connectivity index (χ3n) is 7.14. The average molecular weight is 464 g/mol. The third-order valence-corrected chi connectivity index (χ3v) is 7.14. The summed E-state index contributed by atoms with van der Waals surface area (Å²) in [6.45, 7) is 3.39. The fourth-order valence-electron chi connectivity index (χ4n) is 4.99. The van der Waals surface area contributed by atoms with Gasteiger partial charge >= 0.3 is 0 Å². The standard InChI is InChI=1S/C33H53N/c1-2-3-4-5-6-7-8-9-10-11-12-13-14-15-16-17-18-25-30-34-33(31-26-21-19-22-27-31)32-28-23-20-24-29-32/h19-24,26-29,33-34H,2-18,25,30H2,1H3. The quantitative estimate of drug-likeness (QED) is 0.171. The Morgan fingerprint density at radius 3 is 1.12 bits per heavy atom. The molecule has 0 saturated carbocycles. The van der Waals surface area contributed by atoms with Crippen LogP contribution in [0.5, 0.6) is 0 Å². The first kappa shape index (κ1) is 28.6. The van der Waals surface area contributed by atoms with Gasteiger partial charge in [-0.3, -0.25) is 0 Å². The number of nitrogens with one attached hydrogen (secondary N) is 1. The van der Waals surface area contributed by atoms with Gasteiger partial charge in [-0.25, -0.2) is 0 Å². The first-order valence-electron chi connectivity index (χ1n) is 14.7.